The van der Waals surface area contributed by atoms with E-state index in [4.69, 9.17) is 19.4 Å². The van der Waals surface area contributed by atoms with E-state index in [9.17, 15) is 19.3 Å². The molecule has 1 aliphatic heterocycles. The van der Waals surface area contributed by atoms with Crippen LogP contribution in [-0.4, -0.2) is 55.9 Å². The molecule has 1 rings (SSSR count). The van der Waals surface area contributed by atoms with E-state index >= 15 is 0 Å². The zero-order valence-corrected chi connectivity index (χ0v) is 11.0. The fourth-order valence-electron chi connectivity index (χ4n) is 1.40. The van der Waals surface area contributed by atoms with Crippen LogP contribution in [0, 0.1) is 0 Å². The molecule has 0 saturated carbocycles. The molecule has 0 amide bonds. The lowest BCUT2D eigenvalue weighted by Gasteiger charge is -2.17. The van der Waals surface area contributed by atoms with E-state index in [1.54, 1.807) is 0 Å². The Morgan fingerprint density at radius 2 is 1.72 bits per heavy atom. The smallest absolute Gasteiger partial charge is 0.388 e. The number of phosphoric acid groups is 2. The third-order valence-corrected chi connectivity index (χ3v) is 4.36. The van der Waals surface area contributed by atoms with Crippen molar-refractivity contribution < 1.29 is 47.6 Å². The van der Waals surface area contributed by atoms with Crippen molar-refractivity contribution >= 4 is 15.6 Å². The first-order valence-electron chi connectivity index (χ1n) is 4.77. The van der Waals surface area contributed by atoms with Crippen molar-refractivity contribution in [3.05, 3.63) is 0 Å². The molecule has 0 bridgehead atoms. The zero-order valence-electron chi connectivity index (χ0n) is 9.19. The van der Waals surface area contributed by atoms with Gasteiger partial charge in [0.2, 0.25) is 0 Å². The summed E-state index contributed by atoms with van der Waals surface area (Å²) >= 11 is 0. The zero-order chi connectivity index (χ0) is 14.1. The van der Waals surface area contributed by atoms with Gasteiger partial charge in [-0.15, -0.1) is 0 Å². The SMILES string of the molecule is CC1OC(COP(=O)(O)OP(=O)(O)O)C(O)C1O. The average Bonchev–Trinajstić information content (AvgIpc) is 2.39. The van der Waals surface area contributed by atoms with E-state index in [1.807, 2.05) is 0 Å². The Bertz CT molecular complexity index is 379. The molecule has 18 heavy (non-hydrogen) atoms. The summed E-state index contributed by atoms with van der Waals surface area (Å²) in [7, 11) is -10.1. The highest BCUT2D eigenvalue weighted by Crippen LogP contribution is 2.57. The average molecular weight is 308 g/mol. The first-order chi connectivity index (χ1) is 8.02. The van der Waals surface area contributed by atoms with Gasteiger partial charge in [0.15, 0.2) is 0 Å². The van der Waals surface area contributed by atoms with Crippen molar-refractivity contribution in [1.82, 2.24) is 0 Å². The second kappa shape index (κ2) is 5.64. The van der Waals surface area contributed by atoms with Gasteiger partial charge in [-0.05, 0) is 6.92 Å². The molecule has 12 heteroatoms. The maximum absolute atomic E-state index is 11.1. The van der Waals surface area contributed by atoms with E-state index < -0.39 is 46.7 Å². The lowest BCUT2D eigenvalue weighted by Crippen LogP contribution is -2.33. The van der Waals surface area contributed by atoms with Crippen molar-refractivity contribution in [3.8, 4) is 0 Å². The summed E-state index contributed by atoms with van der Waals surface area (Å²) in [5.74, 6) is 0. The molecule has 108 valence electrons. The van der Waals surface area contributed by atoms with Crippen LogP contribution in [0.1, 0.15) is 6.92 Å². The molecule has 0 aromatic heterocycles. The molecule has 0 aromatic rings. The predicted octanol–water partition coefficient (Wildman–Crippen LogP) is -1.28. The summed E-state index contributed by atoms with van der Waals surface area (Å²) in [6, 6.07) is 0. The van der Waals surface area contributed by atoms with Gasteiger partial charge in [0.05, 0.1) is 12.7 Å². The van der Waals surface area contributed by atoms with Crippen molar-refractivity contribution in [3.63, 3.8) is 0 Å². The lowest BCUT2D eigenvalue weighted by atomic mass is 10.1. The van der Waals surface area contributed by atoms with E-state index in [0.717, 1.165) is 0 Å². The van der Waals surface area contributed by atoms with Gasteiger partial charge in [-0.2, -0.15) is 4.31 Å². The van der Waals surface area contributed by atoms with Crippen LogP contribution in [0.2, 0.25) is 0 Å². The number of ether oxygens (including phenoxy) is 1. The van der Waals surface area contributed by atoms with Gasteiger partial charge in [-0.25, -0.2) is 9.13 Å². The second-order valence-electron chi connectivity index (χ2n) is 3.70. The number of hydrogen-bond acceptors (Lipinski definition) is 7. The normalized spacial score (nSPS) is 36.6. The Hall–Kier alpha value is 0.140. The van der Waals surface area contributed by atoms with Crippen molar-refractivity contribution in [1.29, 1.82) is 0 Å². The number of aliphatic hydroxyl groups excluding tert-OH is 2. The fourth-order valence-corrected chi connectivity index (χ4v) is 3.00. The van der Waals surface area contributed by atoms with E-state index in [2.05, 4.69) is 8.83 Å². The first-order valence-corrected chi connectivity index (χ1v) is 7.80. The molecule has 1 aliphatic rings. The topological polar surface area (TPSA) is 163 Å². The molecule has 5 unspecified atom stereocenters. The third kappa shape index (κ3) is 4.67. The fraction of sp³-hybridized carbons (Fsp3) is 1.00. The van der Waals surface area contributed by atoms with Gasteiger partial charge in [-0.3, -0.25) is 4.52 Å². The molecule has 1 fully saturated rings. The second-order valence-corrected chi connectivity index (χ2v) is 6.53. The predicted molar refractivity (Wildman–Crippen MR) is 55.3 cm³/mol. The van der Waals surface area contributed by atoms with E-state index in [0.29, 0.717) is 0 Å². The Morgan fingerprint density at radius 3 is 2.11 bits per heavy atom. The highest BCUT2D eigenvalue weighted by atomic mass is 31.3. The molecule has 1 heterocycles. The van der Waals surface area contributed by atoms with Crippen molar-refractivity contribution in [2.45, 2.75) is 31.3 Å². The quantitative estimate of drug-likeness (QED) is 0.386. The van der Waals surface area contributed by atoms with Crippen molar-refractivity contribution in [2.75, 3.05) is 6.61 Å². The monoisotopic (exact) mass is 308 g/mol. The highest BCUT2D eigenvalue weighted by molar-refractivity contribution is 7.60. The summed E-state index contributed by atoms with van der Waals surface area (Å²) < 4.78 is 34.2. The summed E-state index contributed by atoms with van der Waals surface area (Å²) in [5, 5.41) is 18.8. The van der Waals surface area contributed by atoms with E-state index in [1.165, 1.54) is 6.92 Å². The largest absolute Gasteiger partial charge is 0.481 e. The van der Waals surface area contributed by atoms with Gasteiger partial charge in [0, 0.05) is 0 Å². The molecule has 0 radical (unpaired) electrons. The summed E-state index contributed by atoms with van der Waals surface area (Å²) in [5.41, 5.74) is 0. The molecule has 0 aliphatic carbocycles. The minimum absolute atomic E-state index is 0.670. The van der Waals surface area contributed by atoms with Gasteiger partial charge >= 0.3 is 15.6 Å². The van der Waals surface area contributed by atoms with E-state index in [-0.39, 0.29) is 0 Å². The van der Waals surface area contributed by atoms with Gasteiger partial charge < -0.3 is 29.6 Å². The minimum atomic E-state index is -5.18. The van der Waals surface area contributed by atoms with Crippen LogP contribution in [-0.2, 0) is 22.7 Å². The Morgan fingerprint density at radius 1 is 1.17 bits per heavy atom. The Labute approximate surface area is 102 Å². The van der Waals surface area contributed by atoms with Crippen LogP contribution in [0.25, 0.3) is 0 Å². The molecule has 5 atom stereocenters. The first kappa shape index (κ1) is 16.2. The summed E-state index contributed by atoms with van der Waals surface area (Å²) in [6.45, 7) is 0.801. The van der Waals surface area contributed by atoms with Crippen LogP contribution < -0.4 is 0 Å². The van der Waals surface area contributed by atoms with Gasteiger partial charge in [0.1, 0.15) is 18.3 Å². The van der Waals surface area contributed by atoms with Crippen LogP contribution in [0.5, 0.6) is 0 Å². The summed E-state index contributed by atoms with van der Waals surface area (Å²) in [4.78, 5) is 25.6. The Balaban J connectivity index is 2.51. The molecule has 10 nitrogen and oxygen atoms in total. The molecule has 0 aromatic carbocycles. The van der Waals surface area contributed by atoms with Crippen molar-refractivity contribution in [2.24, 2.45) is 0 Å². The molecule has 5 N–H and O–H groups in total. The Kier molecular flexibility index (Phi) is 5.07. The van der Waals surface area contributed by atoms with Crippen LogP contribution >= 0.6 is 15.6 Å². The molecular weight excluding hydrogens is 294 g/mol. The number of hydrogen-bond donors (Lipinski definition) is 5. The number of phosphoric ester groups is 1. The summed E-state index contributed by atoms with van der Waals surface area (Å²) in [6.07, 6.45) is -4.32. The molecular formula is C6H14O10P2. The van der Waals surface area contributed by atoms with Crippen LogP contribution in [0.4, 0.5) is 0 Å². The van der Waals surface area contributed by atoms with Gasteiger partial charge in [-0.1, -0.05) is 0 Å². The number of rotatable bonds is 5. The van der Waals surface area contributed by atoms with Crippen LogP contribution in [0.15, 0.2) is 0 Å². The van der Waals surface area contributed by atoms with Gasteiger partial charge in [0.25, 0.3) is 0 Å². The number of aliphatic hydroxyl groups is 2. The van der Waals surface area contributed by atoms with Crippen LogP contribution in [0.3, 0.4) is 0 Å². The molecule has 1 saturated heterocycles. The highest BCUT2D eigenvalue weighted by Gasteiger charge is 2.42. The maximum atomic E-state index is 11.1. The minimum Gasteiger partial charge on any atom is -0.388 e. The standard InChI is InChI=1S/C6H14O10P2/c1-3-5(7)6(8)4(15-3)2-14-18(12,13)16-17(9,10)11/h3-8H,2H2,1H3,(H,12,13)(H2,9,10,11). The third-order valence-electron chi connectivity index (χ3n) is 2.21. The lowest BCUT2D eigenvalue weighted by molar-refractivity contribution is -0.0168. The maximum Gasteiger partial charge on any atom is 0.481 e. The molecule has 0 spiro atoms.